The van der Waals surface area contributed by atoms with Gasteiger partial charge in [-0.2, -0.15) is 0 Å². The van der Waals surface area contributed by atoms with Gasteiger partial charge in [0.05, 0.1) is 6.61 Å². The van der Waals surface area contributed by atoms with Crippen LogP contribution in [0.2, 0.25) is 5.15 Å². The van der Waals surface area contributed by atoms with Crippen molar-refractivity contribution in [1.82, 2.24) is 4.98 Å². The Hall–Kier alpha value is -1.28. The van der Waals surface area contributed by atoms with E-state index in [9.17, 15) is 0 Å². The van der Waals surface area contributed by atoms with Gasteiger partial charge < -0.3 is 4.74 Å². The fourth-order valence-electron chi connectivity index (χ4n) is 1.35. The van der Waals surface area contributed by atoms with Crippen molar-refractivity contribution >= 4 is 22.4 Å². The first kappa shape index (κ1) is 9.28. The van der Waals surface area contributed by atoms with Crippen molar-refractivity contribution in [2.75, 3.05) is 6.61 Å². The van der Waals surface area contributed by atoms with Crippen LogP contribution in [0, 0.1) is 0 Å². The molecule has 1 heterocycles. The minimum atomic E-state index is 0.506. The molecule has 0 saturated carbocycles. The van der Waals surface area contributed by atoms with Crippen LogP contribution in [0.5, 0.6) is 5.75 Å². The lowest BCUT2D eigenvalue weighted by Gasteiger charge is -2.04. The lowest BCUT2D eigenvalue weighted by atomic mass is 10.2. The van der Waals surface area contributed by atoms with Gasteiger partial charge in [-0.15, -0.1) is 0 Å². The number of rotatable bonds is 2. The van der Waals surface area contributed by atoms with Crippen LogP contribution in [0.3, 0.4) is 0 Å². The predicted octanol–water partition coefficient (Wildman–Crippen LogP) is 3.29. The van der Waals surface area contributed by atoms with E-state index in [-0.39, 0.29) is 0 Å². The molecule has 0 saturated heterocycles. The number of fused-ring (bicyclic) bond motifs is 1. The number of halogens is 1. The smallest absolute Gasteiger partial charge is 0.129 e. The third-order valence-corrected chi connectivity index (χ3v) is 2.18. The third-order valence-electron chi connectivity index (χ3n) is 1.97. The van der Waals surface area contributed by atoms with Gasteiger partial charge in [0.2, 0.25) is 0 Å². The molecule has 0 atom stereocenters. The molecule has 2 aromatic rings. The van der Waals surface area contributed by atoms with Gasteiger partial charge in [-0.25, -0.2) is 4.98 Å². The molecule has 1 aromatic heterocycles. The molecular formula is C11H10ClNO. The molecule has 2 nitrogen and oxygen atoms in total. The highest BCUT2D eigenvalue weighted by Gasteiger charge is 1.98. The Morgan fingerprint density at radius 2 is 2.14 bits per heavy atom. The van der Waals surface area contributed by atoms with Gasteiger partial charge in [0.25, 0.3) is 0 Å². The largest absolute Gasteiger partial charge is 0.494 e. The molecule has 0 aliphatic rings. The summed E-state index contributed by atoms with van der Waals surface area (Å²) in [6.07, 6.45) is 1.76. The molecule has 0 aliphatic carbocycles. The second-order valence-corrected chi connectivity index (χ2v) is 3.34. The number of ether oxygens (including phenoxy) is 1. The highest BCUT2D eigenvalue weighted by molar-refractivity contribution is 6.30. The van der Waals surface area contributed by atoms with E-state index in [0.717, 1.165) is 16.5 Å². The molecule has 2 rings (SSSR count). The molecule has 0 radical (unpaired) electrons. The highest BCUT2D eigenvalue weighted by Crippen LogP contribution is 2.22. The number of hydrogen-bond acceptors (Lipinski definition) is 2. The topological polar surface area (TPSA) is 22.1 Å². The lowest BCUT2D eigenvalue weighted by Crippen LogP contribution is -1.90. The molecule has 0 unspecified atom stereocenters. The molecule has 0 aliphatic heterocycles. The summed E-state index contributed by atoms with van der Waals surface area (Å²) < 4.78 is 5.39. The van der Waals surface area contributed by atoms with E-state index in [1.54, 1.807) is 6.20 Å². The highest BCUT2D eigenvalue weighted by atomic mass is 35.5. The van der Waals surface area contributed by atoms with Crippen LogP contribution < -0.4 is 4.74 Å². The Labute approximate surface area is 87.5 Å². The van der Waals surface area contributed by atoms with Gasteiger partial charge >= 0.3 is 0 Å². The number of pyridine rings is 1. The molecule has 0 N–H and O–H groups in total. The van der Waals surface area contributed by atoms with Crippen molar-refractivity contribution in [1.29, 1.82) is 0 Å². The maximum absolute atomic E-state index is 5.80. The third kappa shape index (κ3) is 1.80. The second kappa shape index (κ2) is 3.84. The van der Waals surface area contributed by atoms with E-state index in [1.807, 2.05) is 31.2 Å². The van der Waals surface area contributed by atoms with Crippen LogP contribution in [0.25, 0.3) is 10.8 Å². The van der Waals surface area contributed by atoms with Crippen molar-refractivity contribution < 1.29 is 4.74 Å². The first-order chi connectivity index (χ1) is 6.79. The van der Waals surface area contributed by atoms with Crippen LogP contribution in [0.15, 0.2) is 30.5 Å². The SMILES string of the molecule is CCOc1ccc2cnc(Cl)cc2c1. The average molecular weight is 208 g/mol. The van der Waals surface area contributed by atoms with E-state index < -0.39 is 0 Å². The molecule has 0 bridgehead atoms. The summed E-state index contributed by atoms with van der Waals surface area (Å²) in [5.74, 6) is 0.863. The Kier molecular flexibility index (Phi) is 2.55. The molecule has 0 fully saturated rings. The summed E-state index contributed by atoms with van der Waals surface area (Å²) >= 11 is 5.80. The number of aromatic nitrogens is 1. The summed E-state index contributed by atoms with van der Waals surface area (Å²) in [4.78, 5) is 4.01. The van der Waals surface area contributed by atoms with Crippen LogP contribution in [0.4, 0.5) is 0 Å². The second-order valence-electron chi connectivity index (χ2n) is 2.95. The van der Waals surface area contributed by atoms with E-state index in [4.69, 9.17) is 16.3 Å². The Morgan fingerprint density at radius 1 is 1.29 bits per heavy atom. The van der Waals surface area contributed by atoms with Crippen molar-refractivity contribution in [2.45, 2.75) is 6.92 Å². The normalized spacial score (nSPS) is 10.4. The van der Waals surface area contributed by atoms with Crippen molar-refractivity contribution in [3.63, 3.8) is 0 Å². The zero-order chi connectivity index (χ0) is 9.97. The maximum atomic E-state index is 5.80. The van der Waals surface area contributed by atoms with E-state index in [2.05, 4.69) is 4.98 Å². The summed E-state index contributed by atoms with van der Waals surface area (Å²) in [5.41, 5.74) is 0. The van der Waals surface area contributed by atoms with Gasteiger partial charge in [-0.3, -0.25) is 0 Å². The first-order valence-electron chi connectivity index (χ1n) is 4.47. The Morgan fingerprint density at radius 3 is 2.93 bits per heavy atom. The van der Waals surface area contributed by atoms with Gasteiger partial charge in [0.15, 0.2) is 0 Å². The quantitative estimate of drug-likeness (QED) is 0.705. The summed E-state index contributed by atoms with van der Waals surface area (Å²) in [6, 6.07) is 7.71. The average Bonchev–Trinajstić information content (AvgIpc) is 2.17. The van der Waals surface area contributed by atoms with E-state index in [0.29, 0.717) is 11.8 Å². The standard InChI is InChI=1S/C11H10ClNO/c1-2-14-10-4-3-8-7-13-11(12)6-9(8)5-10/h3-7H,2H2,1H3. The number of nitrogens with zero attached hydrogens (tertiary/aromatic N) is 1. The first-order valence-corrected chi connectivity index (χ1v) is 4.85. The van der Waals surface area contributed by atoms with Gasteiger partial charge in [-0.05, 0) is 36.6 Å². The van der Waals surface area contributed by atoms with Gasteiger partial charge in [0.1, 0.15) is 10.9 Å². The molecule has 14 heavy (non-hydrogen) atoms. The monoisotopic (exact) mass is 207 g/mol. The minimum absolute atomic E-state index is 0.506. The van der Waals surface area contributed by atoms with Crippen LogP contribution in [0.1, 0.15) is 6.92 Å². The Balaban J connectivity index is 2.52. The molecular weight excluding hydrogens is 198 g/mol. The fourth-order valence-corrected chi connectivity index (χ4v) is 1.51. The van der Waals surface area contributed by atoms with E-state index in [1.165, 1.54) is 0 Å². The number of hydrogen-bond donors (Lipinski definition) is 0. The van der Waals surface area contributed by atoms with Crippen LogP contribution >= 0.6 is 11.6 Å². The summed E-state index contributed by atoms with van der Waals surface area (Å²) in [5, 5.41) is 2.62. The molecule has 0 amide bonds. The zero-order valence-electron chi connectivity index (χ0n) is 7.83. The van der Waals surface area contributed by atoms with Crippen molar-refractivity contribution in [3.8, 4) is 5.75 Å². The summed E-state index contributed by atoms with van der Waals surface area (Å²) in [7, 11) is 0. The van der Waals surface area contributed by atoms with Crippen molar-refractivity contribution in [2.24, 2.45) is 0 Å². The minimum Gasteiger partial charge on any atom is -0.494 e. The molecule has 3 heteroatoms. The molecule has 1 aromatic carbocycles. The fraction of sp³-hybridized carbons (Fsp3) is 0.182. The van der Waals surface area contributed by atoms with Gasteiger partial charge in [0, 0.05) is 11.6 Å². The predicted molar refractivity (Wildman–Crippen MR) is 57.9 cm³/mol. The Bertz CT molecular complexity index is 456. The number of benzene rings is 1. The van der Waals surface area contributed by atoms with Crippen molar-refractivity contribution in [3.05, 3.63) is 35.6 Å². The molecule has 72 valence electrons. The maximum Gasteiger partial charge on any atom is 0.129 e. The molecule has 0 spiro atoms. The zero-order valence-corrected chi connectivity index (χ0v) is 8.58. The lowest BCUT2D eigenvalue weighted by molar-refractivity contribution is 0.341. The van der Waals surface area contributed by atoms with E-state index >= 15 is 0 Å². The van der Waals surface area contributed by atoms with Crippen LogP contribution in [-0.2, 0) is 0 Å². The van der Waals surface area contributed by atoms with Gasteiger partial charge in [-0.1, -0.05) is 11.6 Å². The van der Waals surface area contributed by atoms with Crippen LogP contribution in [-0.4, -0.2) is 11.6 Å². The summed E-state index contributed by atoms with van der Waals surface area (Å²) in [6.45, 7) is 2.63.